The molecule has 0 saturated carbocycles. The molecule has 2 heteroatoms. The summed E-state index contributed by atoms with van der Waals surface area (Å²) in [6.45, 7) is 1.84. The number of halogens is 1. The molecule has 2 unspecified atom stereocenters. The molecular weight excluding hydrogens is 244 g/mol. The third kappa shape index (κ3) is 3.34. The maximum Gasteiger partial charge on any atom is 0.0583 e. The lowest BCUT2D eigenvalue weighted by Gasteiger charge is -2.20. The highest BCUT2D eigenvalue weighted by atomic mass is 35.5. The van der Waals surface area contributed by atoms with Crippen molar-refractivity contribution in [3.63, 3.8) is 0 Å². The first-order chi connectivity index (χ1) is 8.66. The molecule has 0 radical (unpaired) electrons. The van der Waals surface area contributed by atoms with Crippen molar-refractivity contribution < 1.29 is 5.11 Å². The van der Waals surface area contributed by atoms with Crippen molar-refractivity contribution in [2.75, 3.05) is 0 Å². The lowest BCUT2D eigenvalue weighted by Crippen LogP contribution is -2.17. The molecule has 0 aliphatic heterocycles. The van der Waals surface area contributed by atoms with Crippen LogP contribution in [0.5, 0.6) is 0 Å². The fourth-order valence-corrected chi connectivity index (χ4v) is 2.27. The van der Waals surface area contributed by atoms with E-state index in [0.29, 0.717) is 0 Å². The summed E-state index contributed by atoms with van der Waals surface area (Å²) in [4.78, 5) is 0. The molecule has 0 saturated heterocycles. The van der Waals surface area contributed by atoms with Crippen LogP contribution in [0.1, 0.15) is 24.0 Å². The van der Waals surface area contributed by atoms with Crippen LogP contribution in [0.15, 0.2) is 54.6 Å². The second-order valence-corrected chi connectivity index (χ2v) is 5.02. The molecule has 1 nitrogen and oxygen atoms in total. The Balaban J connectivity index is 2.21. The van der Waals surface area contributed by atoms with Gasteiger partial charge in [0.15, 0.2) is 0 Å². The van der Waals surface area contributed by atoms with Crippen molar-refractivity contribution in [2.24, 2.45) is 0 Å². The lowest BCUT2D eigenvalue weighted by atomic mass is 9.88. The van der Waals surface area contributed by atoms with Crippen molar-refractivity contribution in [2.45, 2.75) is 25.4 Å². The van der Waals surface area contributed by atoms with Crippen LogP contribution in [-0.2, 0) is 6.42 Å². The highest BCUT2D eigenvalue weighted by Gasteiger charge is 2.17. The summed E-state index contributed by atoms with van der Waals surface area (Å²) in [5.41, 5.74) is 2.36. The van der Waals surface area contributed by atoms with Gasteiger partial charge < -0.3 is 5.11 Å². The number of rotatable bonds is 4. The molecule has 0 aliphatic rings. The molecule has 0 bridgehead atoms. The third-order valence-corrected chi connectivity index (χ3v) is 3.43. The average molecular weight is 261 g/mol. The largest absolute Gasteiger partial charge is 0.393 e. The van der Waals surface area contributed by atoms with Crippen LogP contribution in [0.25, 0.3) is 0 Å². The molecule has 0 fully saturated rings. The molecule has 94 valence electrons. The van der Waals surface area contributed by atoms with Gasteiger partial charge in [-0.05, 0) is 36.6 Å². The maximum absolute atomic E-state index is 9.96. The predicted octanol–water partition coefficient (Wildman–Crippen LogP) is 4.05. The van der Waals surface area contributed by atoms with Crippen LogP contribution in [0.4, 0.5) is 0 Å². The standard InChI is InChI=1S/C16H17ClO/c1-12(18)16(11-13-5-3-2-4-6-13)14-7-9-15(17)10-8-14/h2-10,12,16,18H,11H2,1H3. The van der Waals surface area contributed by atoms with Gasteiger partial charge in [0, 0.05) is 10.9 Å². The lowest BCUT2D eigenvalue weighted by molar-refractivity contribution is 0.161. The van der Waals surface area contributed by atoms with Gasteiger partial charge in [0.2, 0.25) is 0 Å². The van der Waals surface area contributed by atoms with Crippen LogP contribution < -0.4 is 0 Å². The molecule has 2 aromatic carbocycles. The van der Waals surface area contributed by atoms with Gasteiger partial charge in [-0.25, -0.2) is 0 Å². The van der Waals surface area contributed by atoms with Gasteiger partial charge in [0.1, 0.15) is 0 Å². The number of aliphatic hydroxyl groups excluding tert-OH is 1. The molecule has 0 aliphatic carbocycles. The smallest absolute Gasteiger partial charge is 0.0583 e. The van der Waals surface area contributed by atoms with Gasteiger partial charge in [0.25, 0.3) is 0 Å². The van der Waals surface area contributed by atoms with E-state index >= 15 is 0 Å². The SMILES string of the molecule is CC(O)C(Cc1ccccc1)c1ccc(Cl)cc1. The number of aliphatic hydroxyl groups is 1. The van der Waals surface area contributed by atoms with E-state index in [9.17, 15) is 5.11 Å². The second kappa shape index (κ2) is 6.03. The fourth-order valence-electron chi connectivity index (χ4n) is 2.14. The van der Waals surface area contributed by atoms with Gasteiger partial charge in [-0.3, -0.25) is 0 Å². The van der Waals surface area contributed by atoms with Crippen molar-refractivity contribution in [3.8, 4) is 0 Å². The van der Waals surface area contributed by atoms with Crippen molar-refractivity contribution in [1.82, 2.24) is 0 Å². The second-order valence-electron chi connectivity index (χ2n) is 4.59. The van der Waals surface area contributed by atoms with E-state index in [1.807, 2.05) is 49.4 Å². The zero-order chi connectivity index (χ0) is 13.0. The van der Waals surface area contributed by atoms with Gasteiger partial charge in [0.05, 0.1) is 6.10 Å². The summed E-state index contributed by atoms with van der Waals surface area (Å²) in [5, 5.41) is 10.7. The van der Waals surface area contributed by atoms with Gasteiger partial charge >= 0.3 is 0 Å². The summed E-state index contributed by atoms with van der Waals surface area (Å²) >= 11 is 5.89. The summed E-state index contributed by atoms with van der Waals surface area (Å²) in [6.07, 6.45) is 0.450. The Morgan fingerprint density at radius 3 is 2.17 bits per heavy atom. The van der Waals surface area contributed by atoms with Crippen LogP contribution in [0.3, 0.4) is 0 Å². The predicted molar refractivity (Wildman–Crippen MR) is 76.0 cm³/mol. The minimum absolute atomic E-state index is 0.102. The number of hydrogen-bond donors (Lipinski definition) is 1. The summed E-state index contributed by atoms with van der Waals surface area (Å²) in [5.74, 6) is 0.102. The van der Waals surface area contributed by atoms with Crippen LogP contribution in [0, 0.1) is 0 Å². The monoisotopic (exact) mass is 260 g/mol. The Kier molecular flexibility index (Phi) is 4.40. The average Bonchev–Trinajstić information content (AvgIpc) is 2.38. The topological polar surface area (TPSA) is 20.2 Å². The van der Waals surface area contributed by atoms with E-state index in [1.165, 1.54) is 5.56 Å². The van der Waals surface area contributed by atoms with E-state index in [0.717, 1.165) is 17.0 Å². The molecule has 0 heterocycles. The van der Waals surface area contributed by atoms with E-state index in [-0.39, 0.29) is 12.0 Å². The van der Waals surface area contributed by atoms with E-state index < -0.39 is 0 Å². The molecule has 0 amide bonds. The normalized spacial score (nSPS) is 14.2. The Labute approximate surface area is 113 Å². The first-order valence-electron chi connectivity index (χ1n) is 6.14. The molecule has 2 rings (SSSR count). The highest BCUT2D eigenvalue weighted by Crippen LogP contribution is 2.25. The summed E-state index contributed by atoms with van der Waals surface area (Å²) < 4.78 is 0. The van der Waals surface area contributed by atoms with Crippen LogP contribution in [0.2, 0.25) is 5.02 Å². The Morgan fingerprint density at radius 1 is 1.00 bits per heavy atom. The van der Waals surface area contributed by atoms with E-state index in [1.54, 1.807) is 0 Å². The molecular formula is C16H17ClO. The zero-order valence-corrected chi connectivity index (χ0v) is 11.1. The van der Waals surface area contributed by atoms with Crippen molar-refractivity contribution >= 4 is 11.6 Å². The quantitative estimate of drug-likeness (QED) is 0.879. The van der Waals surface area contributed by atoms with E-state index in [4.69, 9.17) is 11.6 Å². The van der Waals surface area contributed by atoms with Crippen molar-refractivity contribution in [3.05, 3.63) is 70.7 Å². The van der Waals surface area contributed by atoms with Gasteiger partial charge in [-0.2, -0.15) is 0 Å². The summed E-state index contributed by atoms with van der Waals surface area (Å²) in [6, 6.07) is 18.0. The van der Waals surface area contributed by atoms with E-state index in [2.05, 4.69) is 12.1 Å². The Hall–Kier alpha value is -1.31. The minimum atomic E-state index is -0.383. The minimum Gasteiger partial charge on any atom is -0.393 e. The molecule has 2 aromatic rings. The Morgan fingerprint density at radius 2 is 1.61 bits per heavy atom. The van der Waals surface area contributed by atoms with Gasteiger partial charge in [-0.1, -0.05) is 54.1 Å². The van der Waals surface area contributed by atoms with Crippen LogP contribution >= 0.6 is 11.6 Å². The highest BCUT2D eigenvalue weighted by molar-refractivity contribution is 6.30. The number of hydrogen-bond acceptors (Lipinski definition) is 1. The van der Waals surface area contributed by atoms with Crippen LogP contribution in [-0.4, -0.2) is 11.2 Å². The summed E-state index contributed by atoms with van der Waals surface area (Å²) in [7, 11) is 0. The van der Waals surface area contributed by atoms with Gasteiger partial charge in [-0.15, -0.1) is 0 Å². The molecule has 18 heavy (non-hydrogen) atoms. The fraction of sp³-hybridized carbons (Fsp3) is 0.250. The molecule has 0 aromatic heterocycles. The first-order valence-corrected chi connectivity index (χ1v) is 6.52. The zero-order valence-electron chi connectivity index (χ0n) is 10.4. The Bertz CT molecular complexity index is 476. The first kappa shape index (κ1) is 13.1. The molecule has 2 atom stereocenters. The maximum atomic E-state index is 9.96. The molecule has 1 N–H and O–H groups in total. The van der Waals surface area contributed by atoms with Crippen molar-refractivity contribution in [1.29, 1.82) is 0 Å². The molecule has 0 spiro atoms. The third-order valence-electron chi connectivity index (χ3n) is 3.18. The number of benzene rings is 2.